The van der Waals surface area contributed by atoms with Gasteiger partial charge < -0.3 is 20.1 Å². The Kier molecular flexibility index (Phi) is 6.28. The highest BCUT2D eigenvalue weighted by Gasteiger charge is 2.17. The maximum atomic E-state index is 8.85. The number of aliphatic hydroxyl groups excluding tert-OH is 3. The van der Waals surface area contributed by atoms with E-state index in [0.29, 0.717) is 0 Å². The van der Waals surface area contributed by atoms with E-state index < -0.39 is 6.10 Å². The Morgan fingerprint density at radius 2 is 1.50 bits per heavy atom. The highest BCUT2D eigenvalue weighted by Crippen LogP contribution is 2.08. The number of hydrogen-bond donors (Lipinski definition) is 3. The molecule has 1 atom stereocenters. The van der Waals surface area contributed by atoms with Gasteiger partial charge in [-0.15, -0.1) is 0 Å². The molecule has 0 heterocycles. The van der Waals surface area contributed by atoms with Crippen molar-refractivity contribution in [3.8, 4) is 0 Å². The number of rotatable bonds is 6. The number of ether oxygens (including phenoxy) is 1. The molecule has 0 aliphatic carbocycles. The second-order valence-corrected chi connectivity index (χ2v) is 3.09. The summed E-state index contributed by atoms with van der Waals surface area (Å²) in [6.07, 6.45) is -0.890. The first-order valence-corrected chi connectivity index (χ1v) is 4.13. The van der Waals surface area contributed by atoms with Gasteiger partial charge in [0.1, 0.15) is 6.10 Å². The van der Waals surface area contributed by atoms with E-state index in [4.69, 9.17) is 20.1 Å². The summed E-state index contributed by atoms with van der Waals surface area (Å²) in [4.78, 5) is 0. The van der Waals surface area contributed by atoms with E-state index in [9.17, 15) is 0 Å². The molecule has 4 nitrogen and oxygen atoms in total. The Morgan fingerprint density at radius 3 is 1.75 bits per heavy atom. The largest absolute Gasteiger partial charge is 0.394 e. The molecule has 4 heteroatoms. The quantitative estimate of drug-likeness (QED) is 0.506. The van der Waals surface area contributed by atoms with Crippen molar-refractivity contribution < 1.29 is 20.1 Å². The zero-order valence-corrected chi connectivity index (χ0v) is 7.60. The predicted molar refractivity (Wildman–Crippen MR) is 44.8 cm³/mol. The summed E-state index contributed by atoms with van der Waals surface area (Å²) in [5.41, 5.74) is 0. The minimum absolute atomic E-state index is 0.0891. The van der Waals surface area contributed by atoms with Crippen LogP contribution in [0.2, 0.25) is 0 Å². The van der Waals surface area contributed by atoms with E-state index in [1.807, 2.05) is 13.8 Å². The number of hydrogen-bond acceptors (Lipinski definition) is 4. The van der Waals surface area contributed by atoms with Crippen LogP contribution >= 0.6 is 0 Å². The minimum atomic E-state index is -0.579. The Morgan fingerprint density at radius 1 is 1.00 bits per heavy atom. The van der Waals surface area contributed by atoms with Gasteiger partial charge in [-0.05, 0) is 5.92 Å². The number of aliphatic hydroxyl groups is 3. The van der Waals surface area contributed by atoms with Crippen LogP contribution < -0.4 is 0 Å². The average Bonchev–Trinajstić information content (AvgIpc) is 2.06. The van der Waals surface area contributed by atoms with Crippen LogP contribution in [0, 0.1) is 5.92 Å². The molecule has 0 saturated heterocycles. The maximum Gasteiger partial charge on any atom is 0.104 e. The molecule has 0 aromatic rings. The molecule has 0 saturated carbocycles. The highest BCUT2D eigenvalue weighted by atomic mass is 16.5. The second-order valence-electron chi connectivity index (χ2n) is 3.09. The summed E-state index contributed by atoms with van der Waals surface area (Å²) in [7, 11) is 0. The van der Waals surface area contributed by atoms with Gasteiger partial charge >= 0.3 is 0 Å². The van der Waals surface area contributed by atoms with Gasteiger partial charge in [0.05, 0.1) is 25.9 Å². The van der Waals surface area contributed by atoms with Crippen LogP contribution in [-0.2, 0) is 4.74 Å². The molecule has 0 radical (unpaired) electrons. The van der Waals surface area contributed by atoms with Gasteiger partial charge in [-0.25, -0.2) is 0 Å². The van der Waals surface area contributed by atoms with E-state index >= 15 is 0 Å². The molecule has 1 unspecified atom stereocenters. The predicted octanol–water partition coefficient (Wildman–Crippen LogP) is -0.627. The lowest BCUT2D eigenvalue weighted by atomic mass is 10.1. The topological polar surface area (TPSA) is 69.9 Å². The zero-order chi connectivity index (χ0) is 9.56. The second kappa shape index (κ2) is 6.37. The molecule has 74 valence electrons. The first-order valence-electron chi connectivity index (χ1n) is 4.13. The lowest BCUT2D eigenvalue weighted by Crippen LogP contribution is -2.33. The van der Waals surface area contributed by atoms with Gasteiger partial charge in [0.25, 0.3) is 0 Å². The van der Waals surface area contributed by atoms with Crippen LogP contribution in [0.3, 0.4) is 0 Å². The molecular formula is C8H18O4. The van der Waals surface area contributed by atoms with E-state index in [-0.39, 0.29) is 31.8 Å². The third-order valence-corrected chi connectivity index (χ3v) is 1.70. The normalized spacial score (nSPS) is 14.2. The molecule has 12 heavy (non-hydrogen) atoms. The molecule has 3 N–H and O–H groups in total. The summed E-state index contributed by atoms with van der Waals surface area (Å²) in [5.74, 6) is 0.176. The summed E-state index contributed by atoms with van der Waals surface area (Å²) in [5, 5.41) is 26.2. The van der Waals surface area contributed by atoms with Crippen molar-refractivity contribution in [3.05, 3.63) is 0 Å². The van der Waals surface area contributed by atoms with E-state index in [1.54, 1.807) is 0 Å². The smallest absolute Gasteiger partial charge is 0.104 e. The van der Waals surface area contributed by atoms with Crippen LogP contribution in [-0.4, -0.2) is 47.3 Å². The lowest BCUT2D eigenvalue weighted by Gasteiger charge is -2.23. The Hall–Kier alpha value is -0.160. The van der Waals surface area contributed by atoms with Gasteiger partial charge in [0, 0.05) is 0 Å². The van der Waals surface area contributed by atoms with Crippen molar-refractivity contribution in [2.75, 3.05) is 19.8 Å². The van der Waals surface area contributed by atoms with Crippen molar-refractivity contribution in [1.82, 2.24) is 0 Å². The molecule has 0 rings (SSSR count). The van der Waals surface area contributed by atoms with Crippen LogP contribution in [0.15, 0.2) is 0 Å². The fourth-order valence-electron chi connectivity index (χ4n) is 0.802. The first kappa shape index (κ1) is 11.8. The Labute approximate surface area is 72.8 Å². The summed E-state index contributed by atoms with van der Waals surface area (Å²) in [6, 6.07) is 0. The molecule has 0 aromatic carbocycles. The minimum Gasteiger partial charge on any atom is -0.394 e. The van der Waals surface area contributed by atoms with Crippen molar-refractivity contribution in [1.29, 1.82) is 0 Å². The maximum absolute atomic E-state index is 8.85. The Balaban J connectivity index is 3.82. The standard InChI is InChI=1S/C8H18O4/c1-6(2)8(5-11)12-7(3-9)4-10/h6-11H,3-5H2,1-2H3. The van der Waals surface area contributed by atoms with Gasteiger partial charge in [-0.2, -0.15) is 0 Å². The van der Waals surface area contributed by atoms with E-state index in [0.717, 1.165) is 0 Å². The SMILES string of the molecule is CC(C)C(CO)OC(CO)CO. The third kappa shape index (κ3) is 4.01. The molecule has 0 spiro atoms. The lowest BCUT2D eigenvalue weighted by molar-refractivity contribution is -0.0957. The highest BCUT2D eigenvalue weighted by molar-refractivity contribution is 4.64. The molecular weight excluding hydrogens is 160 g/mol. The summed E-state index contributed by atoms with van der Waals surface area (Å²) >= 11 is 0. The van der Waals surface area contributed by atoms with Crippen LogP contribution in [0.25, 0.3) is 0 Å². The molecule has 0 aliphatic rings. The average molecular weight is 178 g/mol. The third-order valence-electron chi connectivity index (χ3n) is 1.70. The molecule has 0 amide bonds. The molecule has 0 fully saturated rings. The zero-order valence-electron chi connectivity index (χ0n) is 7.60. The van der Waals surface area contributed by atoms with Crippen LogP contribution in [0.4, 0.5) is 0 Å². The molecule has 0 bridgehead atoms. The summed E-state index contributed by atoms with van der Waals surface area (Å²) in [6.45, 7) is 3.28. The monoisotopic (exact) mass is 178 g/mol. The van der Waals surface area contributed by atoms with Gasteiger partial charge in [0.2, 0.25) is 0 Å². The van der Waals surface area contributed by atoms with Gasteiger partial charge in [0.15, 0.2) is 0 Å². The van der Waals surface area contributed by atoms with Gasteiger partial charge in [-0.3, -0.25) is 0 Å². The van der Waals surface area contributed by atoms with Crippen molar-refractivity contribution in [2.45, 2.75) is 26.1 Å². The first-order chi connectivity index (χ1) is 5.65. The van der Waals surface area contributed by atoms with E-state index in [2.05, 4.69) is 0 Å². The van der Waals surface area contributed by atoms with Crippen molar-refractivity contribution >= 4 is 0 Å². The van der Waals surface area contributed by atoms with Crippen LogP contribution in [0.1, 0.15) is 13.8 Å². The summed E-state index contributed by atoms with van der Waals surface area (Å²) < 4.78 is 5.21. The van der Waals surface area contributed by atoms with Crippen LogP contribution in [0.5, 0.6) is 0 Å². The fourth-order valence-corrected chi connectivity index (χ4v) is 0.802. The Bertz CT molecular complexity index is 101. The fraction of sp³-hybridized carbons (Fsp3) is 1.00. The van der Waals surface area contributed by atoms with E-state index in [1.165, 1.54) is 0 Å². The van der Waals surface area contributed by atoms with Crippen molar-refractivity contribution in [2.24, 2.45) is 5.92 Å². The van der Waals surface area contributed by atoms with Crippen molar-refractivity contribution in [3.63, 3.8) is 0 Å². The molecule has 0 aromatic heterocycles. The molecule has 0 aliphatic heterocycles. The van der Waals surface area contributed by atoms with Gasteiger partial charge in [-0.1, -0.05) is 13.8 Å².